The second kappa shape index (κ2) is 5.41. The highest BCUT2D eigenvalue weighted by molar-refractivity contribution is 5.22. The third kappa shape index (κ3) is 2.58. The number of benzene rings is 1. The Labute approximate surface area is 84.3 Å². The highest BCUT2D eigenvalue weighted by Crippen LogP contribution is 2.18. The Kier molecular flexibility index (Phi) is 4.15. The molecule has 0 radical (unpaired) electrons. The number of nitrogens with one attached hydrogen (secondary N) is 1. The summed E-state index contributed by atoms with van der Waals surface area (Å²) in [7, 11) is 1.81. The number of rotatable bonds is 3. The summed E-state index contributed by atoms with van der Waals surface area (Å²) in [6.45, 7) is 1.79. The van der Waals surface area contributed by atoms with E-state index < -0.39 is 0 Å². The van der Waals surface area contributed by atoms with Crippen molar-refractivity contribution in [3.8, 4) is 11.8 Å². The Morgan fingerprint density at radius 3 is 2.71 bits per heavy atom. The topological polar surface area (TPSA) is 12.0 Å². The van der Waals surface area contributed by atoms with Crippen molar-refractivity contribution in [1.82, 2.24) is 5.32 Å². The van der Waals surface area contributed by atoms with Crippen LogP contribution in [0.2, 0.25) is 0 Å². The zero-order chi connectivity index (χ0) is 10.4. The Bertz CT molecular complexity index is 349. The Hall–Kier alpha value is -1.33. The molecule has 0 heterocycles. The lowest BCUT2D eigenvalue weighted by Gasteiger charge is -2.14. The van der Waals surface area contributed by atoms with Gasteiger partial charge >= 0.3 is 0 Å². The van der Waals surface area contributed by atoms with Gasteiger partial charge in [-0.1, -0.05) is 18.2 Å². The molecule has 1 unspecified atom stereocenters. The molecule has 1 nitrogen and oxygen atoms in total. The normalized spacial score (nSPS) is 11.6. The van der Waals surface area contributed by atoms with Crippen LogP contribution in [0.5, 0.6) is 0 Å². The van der Waals surface area contributed by atoms with Gasteiger partial charge in [0, 0.05) is 18.0 Å². The van der Waals surface area contributed by atoms with Crippen LogP contribution in [-0.4, -0.2) is 7.05 Å². The highest BCUT2D eigenvalue weighted by atomic mass is 19.1. The van der Waals surface area contributed by atoms with Crippen molar-refractivity contribution in [1.29, 1.82) is 0 Å². The molecule has 1 aromatic carbocycles. The Morgan fingerprint density at radius 1 is 1.43 bits per heavy atom. The predicted molar refractivity (Wildman–Crippen MR) is 56.3 cm³/mol. The van der Waals surface area contributed by atoms with Crippen LogP contribution in [-0.2, 0) is 0 Å². The Morgan fingerprint density at radius 2 is 2.14 bits per heavy atom. The van der Waals surface area contributed by atoms with Gasteiger partial charge < -0.3 is 5.32 Å². The second-order valence-electron chi connectivity index (χ2n) is 2.99. The van der Waals surface area contributed by atoms with E-state index in [2.05, 4.69) is 17.2 Å². The lowest BCUT2D eigenvalue weighted by atomic mass is 10.0. The maximum Gasteiger partial charge on any atom is 0.128 e. The summed E-state index contributed by atoms with van der Waals surface area (Å²) in [5.41, 5.74) is 0.678. The zero-order valence-corrected chi connectivity index (χ0v) is 8.47. The molecule has 0 amide bonds. The largest absolute Gasteiger partial charge is 0.312 e. The van der Waals surface area contributed by atoms with E-state index in [4.69, 9.17) is 0 Å². The summed E-state index contributed by atoms with van der Waals surface area (Å²) >= 11 is 0. The van der Waals surface area contributed by atoms with Crippen LogP contribution in [0.15, 0.2) is 24.3 Å². The minimum atomic E-state index is -0.176. The number of hydrogen-bond donors (Lipinski definition) is 1. The fourth-order valence-electron chi connectivity index (χ4n) is 1.33. The van der Waals surface area contributed by atoms with Gasteiger partial charge in [0.25, 0.3) is 0 Å². The maximum absolute atomic E-state index is 13.4. The summed E-state index contributed by atoms with van der Waals surface area (Å²) in [5.74, 6) is 5.58. The maximum atomic E-state index is 13.4. The first-order valence-corrected chi connectivity index (χ1v) is 4.61. The van der Waals surface area contributed by atoms with Crippen molar-refractivity contribution >= 4 is 0 Å². The molecule has 0 spiro atoms. The molecule has 0 fully saturated rings. The summed E-state index contributed by atoms with van der Waals surface area (Å²) in [5, 5.41) is 3.05. The minimum Gasteiger partial charge on any atom is -0.312 e. The van der Waals surface area contributed by atoms with Crippen molar-refractivity contribution in [2.45, 2.75) is 19.4 Å². The zero-order valence-electron chi connectivity index (χ0n) is 8.47. The van der Waals surface area contributed by atoms with Crippen LogP contribution < -0.4 is 5.32 Å². The van der Waals surface area contributed by atoms with Gasteiger partial charge in [0.15, 0.2) is 0 Å². The molecule has 0 aliphatic rings. The van der Waals surface area contributed by atoms with Gasteiger partial charge in [0.1, 0.15) is 5.82 Å². The first-order valence-electron chi connectivity index (χ1n) is 4.61. The van der Waals surface area contributed by atoms with Crippen LogP contribution in [0.4, 0.5) is 4.39 Å². The van der Waals surface area contributed by atoms with Gasteiger partial charge in [0.05, 0.1) is 0 Å². The van der Waals surface area contributed by atoms with E-state index in [-0.39, 0.29) is 11.9 Å². The molecule has 0 saturated carbocycles. The van der Waals surface area contributed by atoms with E-state index in [9.17, 15) is 4.39 Å². The highest BCUT2D eigenvalue weighted by Gasteiger charge is 2.11. The molecule has 14 heavy (non-hydrogen) atoms. The van der Waals surface area contributed by atoms with Crippen molar-refractivity contribution in [2.24, 2.45) is 0 Å². The average Bonchev–Trinajstić information content (AvgIpc) is 2.21. The van der Waals surface area contributed by atoms with Crippen molar-refractivity contribution in [3.63, 3.8) is 0 Å². The van der Waals surface area contributed by atoms with Crippen molar-refractivity contribution < 1.29 is 4.39 Å². The molecule has 0 aromatic heterocycles. The first kappa shape index (κ1) is 10.7. The monoisotopic (exact) mass is 191 g/mol. The standard InChI is InChI=1S/C12H14FN/c1-3-4-9-12(14-2)10-7-5-6-8-11(10)13/h5-8,12,14H,9H2,1-2H3. The molecular weight excluding hydrogens is 177 g/mol. The number of halogens is 1. The molecule has 74 valence electrons. The van der Waals surface area contributed by atoms with Gasteiger partial charge in [-0.25, -0.2) is 4.39 Å². The molecule has 0 aliphatic heterocycles. The van der Waals surface area contributed by atoms with Gasteiger partial charge in [-0.05, 0) is 20.0 Å². The Balaban J connectivity index is 2.87. The molecule has 0 bridgehead atoms. The van der Waals surface area contributed by atoms with E-state index in [1.54, 1.807) is 19.1 Å². The van der Waals surface area contributed by atoms with E-state index in [0.29, 0.717) is 12.0 Å². The van der Waals surface area contributed by atoms with E-state index in [1.807, 2.05) is 13.1 Å². The molecule has 1 rings (SSSR count). The molecule has 1 aromatic rings. The second-order valence-corrected chi connectivity index (χ2v) is 2.99. The van der Waals surface area contributed by atoms with Gasteiger partial charge in [-0.3, -0.25) is 0 Å². The fraction of sp³-hybridized carbons (Fsp3) is 0.333. The molecule has 0 aliphatic carbocycles. The van der Waals surface area contributed by atoms with E-state index in [0.717, 1.165) is 0 Å². The lowest BCUT2D eigenvalue weighted by Crippen LogP contribution is -2.16. The van der Waals surface area contributed by atoms with E-state index in [1.165, 1.54) is 6.07 Å². The van der Waals surface area contributed by atoms with E-state index >= 15 is 0 Å². The van der Waals surface area contributed by atoms with Gasteiger partial charge in [-0.15, -0.1) is 11.8 Å². The smallest absolute Gasteiger partial charge is 0.128 e. The summed E-state index contributed by atoms with van der Waals surface area (Å²) in [6.07, 6.45) is 0.633. The molecule has 1 N–H and O–H groups in total. The van der Waals surface area contributed by atoms with Crippen molar-refractivity contribution in [3.05, 3.63) is 35.6 Å². The average molecular weight is 191 g/mol. The molecule has 0 saturated heterocycles. The van der Waals surface area contributed by atoms with Crippen LogP contribution >= 0.6 is 0 Å². The third-order valence-corrected chi connectivity index (χ3v) is 2.11. The minimum absolute atomic E-state index is 0.0244. The molecular formula is C12H14FN. The summed E-state index contributed by atoms with van der Waals surface area (Å²) in [6, 6.07) is 6.76. The van der Waals surface area contributed by atoms with Crippen LogP contribution in [0, 0.1) is 17.7 Å². The van der Waals surface area contributed by atoms with Crippen LogP contribution in [0.1, 0.15) is 24.9 Å². The van der Waals surface area contributed by atoms with Gasteiger partial charge in [0.2, 0.25) is 0 Å². The SMILES string of the molecule is CC#CCC(NC)c1ccccc1F. The quantitative estimate of drug-likeness (QED) is 0.724. The molecule has 1 atom stereocenters. The van der Waals surface area contributed by atoms with Gasteiger partial charge in [-0.2, -0.15) is 0 Å². The van der Waals surface area contributed by atoms with Crippen molar-refractivity contribution in [2.75, 3.05) is 7.05 Å². The molecule has 2 heteroatoms. The summed E-state index contributed by atoms with van der Waals surface area (Å²) in [4.78, 5) is 0. The fourth-order valence-corrected chi connectivity index (χ4v) is 1.33. The number of hydrogen-bond acceptors (Lipinski definition) is 1. The first-order chi connectivity index (χ1) is 6.79. The summed E-state index contributed by atoms with van der Waals surface area (Å²) < 4.78 is 13.4. The van der Waals surface area contributed by atoms with Crippen LogP contribution in [0.3, 0.4) is 0 Å². The van der Waals surface area contributed by atoms with Crippen LogP contribution in [0.25, 0.3) is 0 Å². The lowest BCUT2D eigenvalue weighted by molar-refractivity contribution is 0.544. The predicted octanol–water partition coefficient (Wildman–Crippen LogP) is 2.50. The third-order valence-electron chi connectivity index (χ3n) is 2.11.